The van der Waals surface area contributed by atoms with Crippen molar-refractivity contribution in [2.75, 3.05) is 32.6 Å². The van der Waals surface area contributed by atoms with Crippen LogP contribution in [0, 0.1) is 5.92 Å². The molecule has 4 nitrogen and oxygen atoms in total. The molecule has 128 valence electrons. The van der Waals surface area contributed by atoms with Crippen LogP contribution < -0.4 is 10.1 Å². The molecule has 0 aliphatic heterocycles. The smallest absolute Gasteiger partial charge is 0.248 e. The number of carbonyl (C=O) groups excluding carboxylic acids is 1. The summed E-state index contributed by atoms with van der Waals surface area (Å²) in [6.45, 7) is 1.25. The molecule has 0 heterocycles. The molecule has 23 heavy (non-hydrogen) atoms. The lowest BCUT2D eigenvalue weighted by atomic mass is 10.1. The predicted octanol–water partition coefficient (Wildman–Crippen LogP) is 3.65. The van der Waals surface area contributed by atoms with Crippen molar-refractivity contribution in [1.82, 2.24) is 4.90 Å². The summed E-state index contributed by atoms with van der Waals surface area (Å²) in [5, 5.41) is 3.02. The van der Waals surface area contributed by atoms with Crippen LogP contribution in [0.25, 0.3) is 0 Å². The van der Waals surface area contributed by atoms with Crippen LogP contribution >= 0.6 is 11.6 Å². The number of anilines is 1. The number of nitrogens with zero attached hydrogens (tertiary/aromatic N) is 1. The minimum Gasteiger partial charge on any atom is -0.491 e. The molecule has 1 saturated carbocycles. The zero-order valence-corrected chi connectivity index (χ0v) is 14.0. The van der Waals surface area contributed by atoms with Crippen LogP contribution in [0.15, 0.2) is 18.2 Å². The molecule has 0 saturated heterocycles. The summed E-state index contributed by atoms with van der Waals surface area (Å²) in [5.41, 5.74) is 0.482. The summed E-state index contributed by atoms with van der Waals surface area (Å²) in [4.78, 5) is 14.0. The maximum Gasteiger partial charge on any atom is 0.248 e. The average Bonchev–Trinajstić information content (AvgIpc) is 2.81. The van der Waals surface area contributed by atoms with Gasteiger partial charge in [0.25, 0.3) is 0 Å². The highest BCUT2D eigenvalue weighted by Gasteiger charge is 2.42. The van der Waals surface area contributed by atoms with E-state index in [2.05, 4.69) is 5.32 Å². The number of nitrogens with one attached hydrogen (secondary N) is 1. The molecule has 1 atom stereocenters. The van der Waals surface area contributed by atoms with Crippen LogP contribution in [0.2, 0.25) is 5.02 Å². The zero-order valence-electron chi connectivity index (χ0n) is 13.2. The normalized spacial score (nSPS) is 19.8. The first-order chi connectivity index (χ1) is 10.8. The quantitative estimate of drug-likeness (QED) is 0.854. The maximum absolute atomic E-state index is 13.2. The van der Waals surface area contributed by atoms with Crippen molar-refractivity contribution in [3.8, 4) is 5.75 Å². The van der Waals surface area contributed by atoms with Gasteiger partial charge in [0.1, 0.15) is 12.4 Å². The van der Waals surface area contributed by atoms with Crippen LogP contribution in [-0.4, -0.2) is 44.0 Å². The van der Waals surface area contributed by atoms with E-state index in [-0.39, 0.29) is 18.7 Å². The standard InChI is InChI=1S/C16H21ClF2N2O2/c1-21(2)7-8-23-14-4-3-12(9-13(14)17)20-15(22)11-5-6-16(18,19)10-11/h3-4,9,11H,5-8,10H2,1-2H3,(H,20,22)/t11-/m1/s1. The summed E-state index contributed by atoms with van der Waals surface area (Å²) in [6.07, 6.45) is -0.416. The van der Waals surface area contributed by atoms with E-state index in [0.29, 0.717) is 23.1 Å². The fourth-order valence-electron chi connectivity index (χ4n) is 2.45. The Bertz CT molecular complexity index is 567. The van der Waals surface area contributed by atoms with E-state index in [1.807, 2.05) is 19.0 Å². The number of hydrogen-bond donors (Lipinski definition) is 1. The molecule has 1 N–H and O–H groups in total. The summed E-state index contributed by atoms with van der Waals surface area (Å²) in [5.74, 6) is -3.25. The van der Waals surface area contributed by atoms with Crippen LogP contribution in [0.5, 0.6) is 5.75 Å². The van der Waals surface area contributed by atoms with Crippen molar-refractivity contribution >= 4 is 23.2 Å². The Morgan fingerprint density at radius 3 is 2.78 bits per heavy atom. The number of rotatable bonds is 6. The van der Waals surface area contributed by atoms with Crippen molar-refractivity contribution < 1.29 is 18.3 Å². The number of carbonyl (C=O) groups is 1. The van der Waals surface area contributed by atoms with Gasteiger partial charge in [-0.1, -0.05) is 11.6 Å². The molecule has 0 unspecified atom stereocenters. The lowest BCUT2D eigenvalue weighted by Crippen LogP contribution is -2.22. The second kappa shape index (κ2) is 7.45. The van der Waals surface area contributed by atoms with Crippen molar-refractivity contribution in [3.63, 3.8) is 0 Å². The van der Waals surface area contributed by atoms with E-state index in [1.54, 1.807) is 18.2 Å². The summed E-state index contributed by atoms with van der Waals surface area (Å²) in [6, 6.07) is 4.89. The van der Waals surface area contributed by atoms with Crippen LogP contribution in [0.1, 0.15) is 19.3 Å². The van der Waals surface area contributed by atoms with E-state index in [9.17, 15) is 13.6 Å². The maximum atomic E-state index is 13.2. The third kappa shape index (κ3) is 5.32. The van der Waals surface area contributed by atoms with Gasteiger partial charge in [-0.15, -0.1) is 0 Å². The molecule has 1 aromatic rings. The molecule has 1 amide bonds. The second-order valence-corrected chi connectivity index (χ2v) is 6.49. The fraction of sp³-hybridized carbons (Fsp3) is 0.562. The molecule has 2 rings (SSSR count). The van der Waals surface area contributed by atoms with Gasteiger partial charge in [0.2, 0.25) is 11.8 Å². The Balaban J connectivity index is 1.91. The topological polar surface area (TPSA) is 41.6 Å². The number of benzene rings is 1. The van der Waals surface area contributed by atoms with Crippen molar-refractivity contribution in [1.29, 1.82) is 0 Å². The molecule has 0 spiro atoms. The Hall–Kier alpha value is -1.40. The van der Waals surface area contributed by atoms with Crippen LogP contribution in [0.3, 0.4) is 0 Å². The molecule has 0 bridgehead atoms. The lowest BCUT2D eigenvalue weighted by molar-refractivity contribution is -0.120. The molecule has 1 aliphatic carbocycles. The number of ether oxygens (including phenoxy) is 1. The molecule has 1 fully saturated rings. The van der Waals surface area contributed by atoms with Gasteiger partial charge in [-0.25, -0.2) is 8.78 Å². The minimum absolute atomic E-state index is 0.207. The number of hydrogen-bond acceptors (Lipinski definition) is 3. The van der Waals surface area contributed by atoms with Gasteiger partial charge < -0.3 is 15.0 Å². The third-order valence-electron chi connectivity index (χ3n) is 3.77. The molecular formula is C16H21ClF2N2O2. The predicted molar refractivity (Wildman–Crippen MR) is 86.4 cm³/mol. The average molecular weight is 347 g/mol. The molecule has 0 radical (unpaired) electrons. The zero-order chi connectivity index (χ0) is 17.0. The number of alkyl halides is 2. The second-order valence-electron chi connectivity index (χ2n) is 6.08. The number of halogens is 3. The summed E-state index contributed by atoms with van der Waals surface area (Å²) >= 11 is 6.12. The Morgan fingerprint density at radius 2 is 2.22 bits per heavy atom. The first-order valence-corrected chi connectivity index (χ1v) is 7.90. The molecule has 1 aromatic carbocycles. The van der Waals surface area contributed by atoms with E-state index in [4.69, 9.17) is 16.3 Å². The van der Waals surface area contributed by atoms with E-state index in [0.717, 1.165) is 6.54 Å². The van der Waals surface area contributed by atoms with Gasteiger partial charge in [-0.2, -0.15) is 0 Å². The summed E-state index contributed by atoms with van der Waals surface area (Å²) in [7, 11) is 3.88. The molecule has 1 aliphatic rings. The molecule has 7 heteroatoms. The van der Waals surface area contributed by atoms with Gasteiger partial charge in [0.15, 0.2) is 0 Å². The highest BCUT2D eigenvalue weighted by atomic mass is 35.5. The van der Waals surface area contributed by atoms with Gasteiger partial charge in [-0.05, 0) is 38.7 Å². The largest absolute Gasteiger partial charge is 0.491 e. The first kappa shape index (κ1) is 17.9. The molecular weight excluding hydrogens is 326 g/mol. The van der Waals surface area contributed by atoms with E-state index >= 15 is 0 Å². The fourth-order valence-corrected chi connectivity index (χ4v) is 2.69. The van der Waals surface area contributed by atoms with Crippen LogP contribution in [0.4, 0.5) is 14.5 Å². The Morgan fingerprint density at radius 1 is 1.48 bits per heavy atom. The Labute approximate surface area is 139 Å². The van der Waals surface area contributed by atoms with Crippen molar-refractivity contribution in [2.24, 2.45) is 5.92 Å². The van der Waals surface area contributed by atoms with Gasteiger partial charge in [0.05, 0.1) is 5.02 Å². The number of likely N-dealkylation sites (N-methyl/N-ethyl adjacent to an activating group) is 1. The van der Waals surface area contributed by atoms with E-state index in [1.165, 1.54) is 0 Å². The minimum atomic E-state index is -2.73. The van der Waals surface area contributed by atoms with Crippen molar-refractivity contribution in [3.05, 3.63) is 23.2 Å². The van der Waals surface area contributed by atoms with Crippen LogP contribution in [-0.2, 0) is 4.79 Å². The highest BCUT2D eigenvalue weighted by molar-refractivity contribution is 6.32. The highest BCUT2D eigenvalue weighted by Crippen LogP contribution is 2.39. The first-order valence-electron chi connectivity index (χ1n) is 7.52. The molecule has 0 aromatic heterocycles. The van der Waals surface area contributed by atoms with E-state index < -0.39 is 18.3 Å². The van der Waals surface area contributed by atoms with Crippen molar-refractivity contribution in [2.45, 2.75) is 25.2 Å². The van der Waals surface area contributed by atoms with Gasteiger partial charge in [-0.3, -0.25) is 4.79 Å². The van der Waals surface area contributed by atoms with Gasteiger partial charge >= 0.3 is 0 Å². The van der Waals surface area contributed by atoms with Gasteiger partial charge in [0, 0.05) is 31.0 Å². The Kier molecular flexibility index (Phi) is 5.81. The monoisotopic (exact) mass is 346 g/mol. The SMILES string of the molecule is CN(C)CCOc1ccc(NC(=O)[C@@H]2CCC(F)(F)C2)cc1Cl. The third-order valence-corrected chi connectivity index (χ3v) is 4.07. The lowest BCUT2D eigenvalue weighted by Gasteiger charge is -2.14. The number of amides is 1. The summed E-state index contributed by atoms with van der Waals surface area (Å²) < 4.78 is 31.9.